The van der Waals surface area contributed by atoms with Gasteiger partial charge in [-0.15, -0.1) is 6.42 Å². The van der Waals surface area contributed by atoms with Crippen LogP contribution >= 0.6 is 0 Å². The molecule has 0 spiro atoms. The lowest BCUT2D eigenvalue weighted by molar-refractivity contribution is 0.534. The maximum absolute atomic E-state index is 5.36. The number of aliphatic imine (C=N–C) groups is 1. The van der Waals surface area contributed by atoms with E-state index < -0.39 is 0 Å². The molecule has 0 atom stereocenters. The molecule has 1 heterocycles. The summed E-state index contributed by atoms with van der Waals surface area (Å²) >= 11 is 0. The van der Waals surface area contributed by atoms with Crippen LogP contribution < -0.4 is 5.32 Å². The smallest absolute Gasteiger partial charge is 0.194 e. The lowest BCUT2D eigenvalue weighted by atomic mass is 10.1. The monoisotopic (exact) mass is 213 g/mol. The molecule has 1 N–H and O–H groups in total. The molecule has 1 aliphatic rings. The standard InChI is InChI=1S/C13H15N3/c1-3-11-5-4-6-12(9-11)10-15-13-14-7-8-16(13)2/h1,4-6,9H,7-8,10H2,2H3,(H,14,15). The van der Waals surface area contributed by atoms with E-state index in [2.05, 4.69) is 27.2 Å². The molecule has 1 aromatic carbocycles. The van der Waals surface area contributed by atoms with Crippen molar-refractivity contribution >= 4 is 5.96 Å². The number of terminal acetylenes is 1. The first-order valence-corrected chi connectivity index (χ1v) is 5.34. The Kier molecular flexibility index (Phi) is 3.11. The van der Waals surface area contributed by atoms with Crippen molar-refractivity contribution in [2.45, 2.75) is 6.54 Å². The van der Waals surface area contributed by atoms with Crippen LogP contribution in [0.3, 0.4) is 0 Å². The number of hydrogen-bond acceptors (Lipinski definition) is 3. The summed E-state index contributed by atoms with van der Waals surface area (Å²) < 4.78 is 0. The van der Waals surface area contributed by atoms with Crippen LogP contribution in [0.2, 0.25) is 0 Å². The van der Waals surface area contributed by atoms with E-state index in [1.165, 1.54) is 5.56 Å². The van der Waals surface area contributed by atoms with Crippen LogP contribution in [0.5, 0.6) is 0 Å². The first kappa shape index (κ1) is 10.6. The molecule has 3 heteroatoms. The molecule has 0 unspecified atom stereocenters. The zero-order valence-corrected chi connectivity index (χ0v) is 9.40. The minimum atomic E-state index is 0.763. The number of rotatable bonds is 2. The summed E-state index contributed by atoms with van der Waals surface area (Å²) in [5, 5.41) is 3.31. The summed E-state index contributed by atoms with van der Waals surface area (Å²) in [6.07, 6.45) is 5.36. The van der Waals surface area contributed by atoms with Crippen molar-refractivity contribution in [2.75, 3.05) is 20.1 Å². The highest BCUT2D eigenvalue weighted by molar-refractivity contribution is 5.81. The topological polar surface area (TPSA) is 27.6 Å². The van der Waals surface area contributed by atoms with Gasteiger partial charge >= 0.3 is 0 Å². The largest absolute Gasteiger partial charge is 0.352 e. The second-order valence-corrected chi connectivity index (χ2v) is 3.83. The summed E-state index contributed by atoms with van der Waals surface area (Å²) in [6, 6.07) is 7.99. The molecule has 0 fully saturated rings. The fourth-order valence-electron chi connectivity index (χ4n) is 1.68. The van der Waals surface area contributed by atoms with E-state index in [1.807, 2.05) is 25.2 Å². The van der Waals surface area contributed by atoms with Crippen LogP contribution in [0.1, 0.15) is 11.1 Å². The van der Waals surface area contributed by atoms with E-state index in [0.29, 0.717) is 0 Å². The van der Waals surface area contributed by atoms with Gasteiger partial charge in [0.25, 0.3) is 0 Å². The fourth-order valence-corrected chi connectivity index (χ4v) is 1.68. The number of likely N-dealkylation sites (N-methyl/N-ethyl adjacent to an activating group) is 1. The van der Waals surface area contributed by atoms with Crippen LogP contribution in [-0.2, 0) is 6.54 Å². The van der Waals surface area contributed by atoms with E-state index in [9.17, 15) is 0 Å². The van der Waals surface area contributed by atoms with Gasteiger partial charge in [0.1, 0.15) is 0 Å². The summed E-state index contributed by atoms with van der Waals surface area (Å²) in [4.78, 5) is 6.48. The Morgan fingerprint density at radius 3 is 3.12 bits per heavy atom. The SMILES string of the molecule is C#Cc1cccc(CNC2=NCCN2C)c1. The zero-order valence-electron chi connectivity index (χ0n) is 9.40. The van der Waals surface area contributed by atoms with Crippen molar-refractivity contribution in [1.82, 2.24) is 10.2 Å². The third-order valence-corrected chi connectivity index (χ3v) is 2.60. The van der Waals surface area contributed by atoms with Gasteiger partial charge in [0, 0.05) is 25.7 Å². The summed E-state index contributed by atoms with van der Waals surface area (Å²) in [7, 11) is 2.04. The van der Waals surface area contributed by atoms with Crippen LogP contribution in [0.25, 0.3) is 0 Å². The molecule has 3 nitrogen and oxygen atoms in total. The predicted octanol–water partition coefficient (Wildman–Crippen LogP) is 1.06. The molecule has 0 saturated heterocycles. The highest BCUT2D eigenvalue weighted by Gasteiger charge is 2.10. The first-order chi connectivity index (χ1) is 7.79. The first-order valence-electron chi connectivity index (χ1n) is 5.34. The second-order valence-electron chi connectivity index (χ2n) is 3.83. The van der Waals surface area contributed by atoms with Crippen LogP contribution in [0.15, 0.2) is 29.3 Å². The molecule has 82 valence electrons. The summed E-state index contributed by atoms with van der Waals surface area (Å²) in [6.45, 7) is 2.63. The molecule has 0 bridgehead atoms. The molecule has 1 aromatic rings. The van der Waals surface area contributed by atoms with E-state index in [1.54, 1.807) is 0 Å². The average molecular weight is 213 g/mol. The van der Waals surface area contributed by atoms with E-state index in [-0.39, 0.29) is 0 Å². The normalized spacial score (nSPS) is 14.5. The average Bonchev–Trinajstić information content (AvgIpc) is 2.72. The molecule has 1 aliphatic heterocycles. The molecule has 0 radical (unpaired) electrons. The maximum Gasteiger partial charge on any atom is 0.194 e. The maximum atomic E-state index is 5.36. The fraction of sp³-hybridized carbons (Fsp3) is 0.308. The van der Waals surface area contributed by atoms with Crippen LogP contribution in [0.4, 0.5) is 0 Å². The molecule has 0 aromatic heterocycles. The van der Waals surface area contributed by atoms with Gasteiger partial charge < -0.3 is 10.2 Å². The lowest BCUT2D eigenvalue weighted by Crippen LogP contribution is -2.35. The molecular weight excluding hydrogens is 198 g/mol. The van der Waals surface area contributed by atoms with E-state index in [0.717, 1.165) is 31.2 Å². The van der Waals surface area contributed by atoms with Crippen molar-refractivity contribution in [2.24, 2.45) is 4.99 Å². The number of nitrogens with zero attached hydrogens (tertiary/aromatic N) is 2. The van der Waals surface area contributed by atoms with Gasteiger partial charge in [-0.05, 0) is 17.7 Å². The van der Waals surface area contributed by atoms with Gasteiger partial charge in [-0.3, -0.25) is 4.99 Å². The Balaban J connectivity index is 1.97. The molecule has 0 amide bonds. The number of hydrogen-bond donors (Lipinski definition) is 1. The van der Waals surface area contributed by atoms with Gasteiger partial charge in [-0.2, -0.15) is 0 Å². The highest BCUT2D eigenvalue weighted by Crippen LogP contribution is 2.04. The van der Waals surface area contributed by atoms with Gasteiger partial charge in [0.15, 0.2) is 5.96 Å². The number of benzene rings is 1. The lowest BCUT2D eigenvalue weighted by Gasteiger charge is -2.15. The second kappa shape index (κ2) is 4.71. The zero-order chi connectivity index (χ0) is 11.4. The molecule has 0 saturated carbocycles. The van der Waals surface area contributed by atoms with Crippen molar-refractivity contribution in [3.63, 3.8) is 0 Å². The van der Waals surface area contributed by atoms with Crippen LogP contribution in [-0.4, -0.2) is 31.0 Å². The summed E-state index contributed by atoms with van der Waals surface area (Å²) in [5.41, 5.74) is 2.10. The van der Waals surface area contributed by atoms with Gasteiger partial charge in [0.2, 0.25) is 0 Å². The van der Waals surface area contributed by atoms with E-state index >= 15 is 0 Å². The number of nitrogens with one attached hydrogen (secondary N) is 1. The Labute approximate surface area is 96.2 Å². The third kappa shape index (κ3) is 2.34. The van der Waals surface area contributed by atoms with Crippen molar-refractivity contribution in [1.29, 1.82) is 0 Å². The van der Waals surface area contributed by atoms with E-state index in [4.69, 9.17) is 6.42 Å². The van der Waals surface area contributed by atoms with Gasteiger partial charge in [-0.25, -0.2) is 0 Å². The molecular formula is C13H15N3. The highest BCUT2D eigenvalue weighted by atomic mass is 15.3. The quantitative estimate of drug-likeness (QED) is 0.744. The third-order valence-electron chi connectivity index (χ3n) is 2.60. The van der Waals surface area contributed by atoms with Crippen LogP contribution in [0, 0.1) is 12.3 Å². The summed E-state index contributed by atoms with van der Waals surface area (Å²) in [5.74, 6) is 3.60. The van der Waals surface area contributed by atoms with Gasteiger partial charge in [-0.1, -0.05) is 18.1 Å². The minimum Gasteiger partial charge on any atom is -0.352 e. The molecule has 16 heavy (non-hydrogen) atoms. The molecule has 2 rings (SSSR count). The van der Waals surface area contributed by atoms with Crippen molar-refractivity contribution in [3.8, 4) is 12.3 Å². The Bertz CT molecular complexity index is 443. The Morgan fingerprint density at radius 2 is 2.44 bits per heavy atom. The Morgan fingerprint density at radius 1 is 1.56 bits per heavy atom. The molecule has 0 aliphatic carbocycles. The Hall–Kier alpha value is -1.95. The number of guanidine groups is 1. The minimum absolute atomic E-state index is 0.763. The van der Waals surface area contributed by atoms with Gasteiger partial charge in [0.05, 0.1) is 6.54 Å². The van der Waals surface area contributed by atoms with Crippen molar-refractivity contribution < 1.29 is 0 Å². The van der Waals surface area contributed by atoms with Crippen molar-refractivity contribution in [3.05, 3.63) is 35.4 Å². The predicted molar refractivity (Wildman–Crippen MR) is 66.1 cm³/mol.